The number of para-hydroxylation sites is 1. The van der Waals surface area contributed by atoms with Gasteiger partial charge in [0.15, 0.2) is 0 Å². The fourth-order valence-corrected chi connectivity index (χ4v) is 5.91. The zero-order chi connectivity index (χ0) is 28.7. The first-order valence-electron chi connectivity index (χ1n) is 13.5. The van der Waals surface area contributed by atoms with Crippen molar-refractivity contribution in [1.82, 2.24) is 19.6 Å². The third-order valence-corrected chi connectivity index (χ3v) is 8.40. The lowest BCUT2D eigenvalue weighted by Gasteiger charge is -2.18. The van der Waals surface area contributed by atoms with Gasteiger partial charge in [-0.05, 0) is 66.0 Å². The molecule has 4 rings (SSSR count). The van der Waals surface area contributed by atoms with Crippen molar-refractivity contribution in [2.75, 3.05) is 43.4 Å². The van der Waals surface area contributed by atoms with Crippen LogP contribution in [-0.2, 0) is 10.0 Å². The monoisotopic (exact) mass is 632 g/mol. The number of halogens is 1. The summed E-state index contributed by atoms with van der Waals surface area (Å²) in [5.41, 5.74) is 1.08. The molecule has 1 fully saturated rings. The first-order valence-corrected chi connectivity index (χ1v) is 15.8. The summed E-state index contributed by atoms with van der Waals surface area (Å²) < 4.78 is 41.3. The summed E-state index contributed by atoms with van der Waals surface area (Å²) in [5, 5.41) is 6.37. The average Bonchev–Trinajstić information content (AvgIpc) is 3.39. The minimum Gasteiger partial charge on any atom is -0.492 e. The molecule has 3 N–H and O–H groups in total. The molecule has 1 atom stereocenters. The molecule has 2 aromatic carbocycles. The number of nitrogens with zero attached hydrogens (tertiary/aromatic N) is 3. The van der Waals surface area contributed by atoms with E-state index >= 15 is 0 Å². The van der Waals surface area contributed by atoms with Crippen LogP contribution in [0.1, 0.15) is 34.1 Å². The van der Waals surface area contributed by atoms with Gasteiger partial charge in [-0.3, -0.25) is 4.90 Å². The molecule has 12 heteroatoms. The SMILES string of the molecule is CCOc1cc(OC2CCN(CC)C2)ccc1Nc1ncc(Br)c(Nc2ccccc2S(=O)(=O)NCC(C)C)n1. The Balaban J connectivity index is 1.53. The zero-order valence-corrected chi connectivity index (χ0v) is 25.7. The molecule has 0 amide bonds. The van der Waals surface area contributed by atoms with Crippen LogP contribution in [0.25, 0.3) is 0 Å². The molecule has 10 nitrogen and oxygen atoms in total. The number of anilines is 4. The summed E-state index contributed by atoms with van der Waals surface area (Å²) in [4.78, 5) is 11.5. The normalized spacial score (nSPS) is 15.8. The molecule has 2 heterocycles. The van der Waals surface area contributed by atoms with Crippen LogP contribution in [0.15, 0.2) is 58.0 Å². The summed E-state index contributed by atoms with van der Waals surface area (Å²) in [6.45, 7) is 11.8. The highest BCUT2D eigenvalue weighted by molar-refractivity contribution is 9.10. The zero-order valence-electron chi connectivity index (χ0n) is 23.3. The van der Waals surface area contributed by atoms with Gasteiger partial charge in [-0.25, -0.2) is 18.1 Å². The maximum atomic E-state index is 13.0. The molecule has 0 saturated carbocycles. The Bertz CT molecular complexity index is 1410. The topological polar surface area (TPSA) is 118 Å². The highest BCUT2D eigenvalue weighted by Crippen LogP contribution is 2.34. The van der Waals surface area contributed by atoms with Crippen molar-refractivity contribution in [3.8, 4) is 11.5 Å². The number of sulfonamides is 1. The quantitative estimate of drug-likeness (QED) is 0.223. The standard InChI is InChI=1S/C28H37BrN6O4S/c1-5-35-14-13-21(18-35)39-20-11-12-23(25(15-20)38-6-2)33-28-30-17-22(29)27(34-28)32-24-9-7-8-10-26(24)40(36,37)31-16-19(3)4/h7-12,15,17,19,21,31H,5-6,13-14,16,18H2,1-4H3,(H2,30,32,33,34). The average molecular weight is 634 g/mol. The summed E-state index contributed by atoms with van der Waals surface area (Å²) in [5.74, 6) is 2.27. The number of aromatic nitrogens is 2. The van der Waals surface area contributed by atoms with Crippen LogP contribution in [-0.4, -0.2) is 62.2 Å². The van der Waals surface area contributed by atoms with Crippen LogP contribution in [0.3, 0.4) is 0 Å². The minimum absolute atomic E-state index is 0.134. The Hall–Kier alpha value is -2.93. The van der Waals surface area contributed by atoms with Gasteiger partial charge >= 0.3 is 0 Å². The second-order valence-electron chi connectivity index (χ2n) is 9.89. The molecule has 1 aliphatic heterocycles. The third kappa shape index (κ3) is 7.84. The van der Waals surface area contributed by atoms with E-state index in [-0.39, 0.29) is 16.9 Å². The van der Waals surface area contributed by atoms with Crippen molar-refractivity contribution < 1.29 is 17.9 Å². The fourth-order valence-electron chi connectivity index (χ4n) is 4.25. The largest absolute Gasteiger partial charge is 0.492 e. The number of likely N-dealkylation sites (N-methyl/N-ethyl adjacent to an activating group) is 1. The van der Waals surface area contributed by atoms with Gasteiger partial charge in [0.25, 0.3) is 0 Å². The summed E-state index contributed by atoms with van der Waals surface area (Å²) in [7, 11) is -3.73. The molecule has 1 aliphatic rings. The molecule has 3 aromatic rings. The number of hydrogen-bond donors (Lipinski definition) is 3. The highest BCUT2D eigenvalue weighted by atomic mass is 79.9. The van der Waals surface area contributed by atoms with E-state index in [0.717, 1.165) is 31.8 Å². The molecule has 1 saturated heterocycles. The number of hydrogen-bond acceptors (Lipinski definition) is 9. The van der Waals surface area contributed by atoms with E-state index in [2.05, 4.69) is 53.1 Å². The Morgan fingerprint density at radius 2 is 1.93 bits per heavy atom. The molecule has 0 bridgehead atoms. The van der Waals surface area contributed by atoms with Crippen molar-refractivity contribution in [2.24, 2.45) is 5.92 Å². The van der Waals surface area contributed by atoms with E-state index in [1.165, 1.54) is 0 Å². The predicted octanol–water partition coefficient (Wildman–Crippen LogP) is 5.53. The molecular weight excluding hydrogens is 596 g/mol. The van der Waals surface area contributed by atoms with Crippen LogP contribution >= 0.6 is 15.9 Å². The van der Waals surface area contributed by atoms with E-state index in [4.69, 9.17) is 9.47 Å². The Morgan fingerprint density at radius 3 is 2.65 bits per heavy atom. The van der Waals surface area contributed by atoms with Gasteiger partial charge in [-0.2, -0.15) is 4.98 Å². The van der Waals surface area contributed by atoms with Gasteiger partial charge in [-0.1, -0.05) is 32.9 Å². The summed E-state index contributed by atoms with van der Waals surface area (Å²) in [6, 6.07) is 12.4. The van der Waals surface area contributed by atoms with Crippen molar-refractivity contribution in [1.29, 1.82) is 0 Å². The molecular formula is C28H37BrN6O4S. The second kappa shape index (κ2) is 13.6. The lowest BCUT2D eigenvalue weighted by Crippen LogP contribution is -2.28. The number of likely N-dealkylation sites (tertiary alicyclic amines) is 1. The van der Waals surface area contributed by atoms with Gasteiger partial charge in [0.05, 0.1) is 22.5 Å². The summed E-state index contributed by atoms with van der Waals surface area (Å²) in [6.07, 6.45) is 2.76. The van der Waals surface area contributed by atoms with Crippen molar-refractivity contribution in [3.05, 3.63) is 53.1 Å². The van der Waals surface area contributed by atoms with E-state index in [9.17, 15) is 8.42 Å². The molecule has 216 valence electrons. The molecule has 40 heavy (non-hydrogen) atoms. The molecule has 0 aliphatic carbocycles. The maximum absolute atomic E-state index is 13.0. The Kier molecular flexibility index (Phi) is 10.2. The van der Waals surface area contributed by atoms with Gasteiger partial charge in [-0.15, -0.1) is 0 Å². The first-order chi connectivity index (χ1) is 19.2. The first kappa shape index (κ1) is 30.0. The lowest BCUT2D eigenvalue weighted by molar-refractivity contribution is 0.201. The van der Waals surface area contributed by atoms with Crippen molar-refractivity contribution in [2.45, 2.75) is 45.1 Å². The smallest absolute Gasteiger partial charge is 0.242 e. The minimum atomic E-state index is -3.73. The van der Waals surface area contributed by atoms with Gasteiger partial charge in [0.1, 0.15) is 28.3 Å². The highest BCUT2D eigenvalue weighted by Gasteiger charge is 2.23. The van der Waals surface area contributed by atoms with Crippen LogP contribution in [0.2, 0.25) is 0 Å². The van der Waals surface area contributed by atoms with Crippen molar-refractivity contribution in [3.63, 3.8) is 0 Å². The van der Waals surface area contributed by atoms with Crippen LogP contribution in [0.5, 0.6) is 11.5 Å². The molecule has 0 spiro atoms. The van der Waals surface area contributed by atoms with Gasteiger partial charge < -0.3 is 20.1 Å². The second-order valence-corrected chi connectivity index (χ2v) is 12.5. The maximum Gasteiger partial charge on any atom is 0.242 e. The third-order valence-electron chi connectivity index (χ3n) is 6.33. The molecule has 1 aromatic heterocycles. The van der Waals surface area contributed by atoms with Crippen LogP contribution < -0.4 is 24.8 Å². The van der Waals surface area contributed by atoms with E-state index in [1.54, 1.807) is 30.5 Å². The van der Waals surface area contributed by atoms with E-state index < -0.39 is 10.0 Å². The van der Waals surface area contributed by atoms with Gasteiger partial charge in [0.2, 0.25) is 16.0 Å². The fraction of sp³-hybridized carbons (Fsp3) is 0.429. The molecule has 1 unspecified atom stereocenters. The number of nitrogens with one attached hydrogen (secondary N) is 3. The van der Waals surface area contributed by atoms with E-state index in [0.29, 0.717) is 46.5 Å². The van der Waals surface area contributed by atoms with Crippen LogP contribution in [0.4, 0.5) is 23.1 Å². The molecule has 0 radical (unpaired) electrons. The Labute approximate surface area is 245 Å². The number of benzene rings is 2. The van der Waals surface area contributed by atoms with E-state index in [1.807, 2.05) is 39.0 Å². The number of ether oxygens (including phenoxy) is 2. The predicted molar refractivity (Wildman–Crippen MR) is 162 cm³/mol. The Morgan fingerprint density at radius 1 is 1.12 bits per heavy atom. The number of rotatable bonds is 13. The summed E-state index contributed by atoms with van der Waals surface area (Å²) >= 11 is 3.47. The van der Waals surface area contributed by atoms with Crippen LogP contribution in [0, 0.1) is 5.92 Å². The van der Waals surface area contributed by atoms with Gasteiger partial charge in [0, 0.05) is 31.9 Å². The lowest BCUT2D eigenvalue weighted by atomic mass is 10.2. The van der Waals surface area contributed by atoms with Crippen molar-refractivity contribution >= 4 is 49.1 Å².